The molecule has 0 radical (unpaired) electrons. The van der Waals surface area contributed by atoms with Crippen molar-refractivity contribution in [3.8, 4) is 0 Å². The van der Waals surface area contributed by atoms with Crippen molar-refractivity contribution in [2.24, 2.45) is 11.7 Å². The fourth-order valence-electron chi connectivity index (χ4n) is 2.08. The van der Waals surface area contributed by atoms with Gasteiger partial charge in [0, 0.05) is 12.1 Å². The Labute approximate surface area is 101 Å². The van der Waals surface area contributed by atoms with Gasteiger partial charge in [0.2, 0.25) is 0 Å². The molecule has 0 bridgehead atoms. The predicted molar refractivity (Wildman–Crippen MR) is 70.5 cm³/mol. The minimum absolute atomic E-state index is 0.0802. The summed E-state index contributed by atoms with van der Waals surface area (Å²) in [6, 6.07) is 0.191. The molecule has 0 saturated carbocycles. The van der Waals surface area contributed by atoms with E-state index in [2.05, 4.69) is 32.7 Å². The van der Waals surface area contributed by atoms with Gasteiger partial charge < -0.3 is 10.8 Å². The molecule has 16 heavy (non-hydrogen) atoms. The Balaban J connectivity index is 4.03. The number of hydrogen-bond acceptors (Lipinski definition) is 3. The summed E-state index contributed by atoms with van der Waals surface area (Å²) in [5.74, 6) is 0.591. The number of aliphatic hydroxyl groups excluding tert-OH is 1. The van der Waals surface area contributed by atoms with Crippen molar-refractivity contribution in [3.63, 3.8) is 0 Å². The quantitative estimate of drug-likeness (QED) is 0.594. The molecule has 0 spiro atoms. The van der Waals surface area contributed by atoms with Crippen LogP contribution in [0.25, 0.3) is 0 Å². The number of rotatable bonds is 9. The molecule has 3 heteroatoms. The molecule has 0 aliphatic heterocycles. The molecule has 98 valence electrons. The van der Waals surface area contributed by atoms with Crippen molar-refractivity contribution in [2.45, 2.75) is 58.5 Å². The molecule has 0 aliphatic rings. The molecule has 2 unspecified atom stereocenters. The first-order valence-corrected chi connectivity index (χ1v) is 6.59. The molecule has 3 N–H and O–H groups in total. The van der Waals surface area contributed by atoms with Gasteiger partial charge in [-0.05, 0) is 32.4 Å². The van der Waals surface area contributed by atoms with E-state index in [1.807, 2.05) is 0 Å². The van der Waals surface area contributed by atoms with Gasteiger partial charge >= 0.3 is 0 Å². The lowest BCUT2D eigenvalue weighted by molar-refractivity contribution is 0.118. The van der Waals surface area contributed by atoms with E-state index < -0.39 is 0 Å². The van der Waals surface area contributed by atoms with E-state index in [4.69, 9.17) is 5.73 Å². The maximum atomic E-state index is 9.41. The van der Waals surface area contributed by atoms with Gasteiger partial charge in [0.05, 0.1) is 6.61 Å². The zero-order chi connectivity index (χ0) is 12.6. The minimum Gasteiger partial charge on any atom is -0.395 e. The molecule has 0 aliphatic carbocycles. The van der Waals surface area contributed by atoms with Gasteiger partial charge in [-0.15, -0.1) is 0 Å². The number of hydrogen-bond donors (Lipinski definition) is 2. The molecule has 0 amide bonds. The lowest BCUT2D eigenvalue weighted by Crippen LogP contribution is -2.49. The molecule has 0 heterocycles. The number of aliphatic hydroxyl groups is 1. The van der Waals surface area contributed by atoms with Crippen LogP contribution in [0.1, 0.15) is 46.5 Å². The fraction of sp³-hybridized carbons (Fsp3) is 1.00. The molecule has 3 nitrogen and oxygen atoms in total. The topological polar surface area (TPSA) is 49.5 Å². The second-order valence-electron chi connectivity index (χ2n) is 5.23. The Morgan fingerprint density at radius 2 is 1.88 bits per heavy atom. The maximum Gasteiger partial charge on any atom is 0.0601 e. The van der Waals surface area contributed by atoms with Gasteiger partial charge in [0.25, 0.3) is 0 Å². The van der Waals surface area contributed by atoms with Crippen molar-refractivity contribution < 1.29 is 5.11 Å². The normalized spacial score (nSPS) is 15.8. The molecule has 0 fully saturated rings. The van der Waals surface area contributed by atoms with E-state index in [1.54, 1.807) is 0 Å². The highest BCUT2D eigenvalue weighted by atomic mass is 16.3. The summed E-state index contributed by atoms with van der Waals surface area (Å²) in [4.78, 5) is 2.21. The van der Waals surface area contributed by atoms with Crippen molar-refractivity contribution in [2.75, 3.05) is 20.2 Å². The van der Waals surface area contributed by atoms with Gasteiger partial charge in [-0.3, -0.25) is 4.90 Å². The van der Waals surface area contributed by atoms with Crippen LogP contribution in [0.5, 0.6) is 0 Å². The van der Waals surface area contributed by atoms with E-state index in [-0.39, 0.29) is 18.7 Å². The van der Waals surface area contributed by atoms with Gasteiger partial charge in [-0.2, -0.15) is 0 Å². The average Bonchev–Trinajstić information content (AvgIpc) is 2.18. The van der Waals surface area contributed by atoms with Crippen molar-refractivity contribution in [3.05, 3.63) is 0 Å². The van der Waals surface area contributed by atoms with Crippen LogP contribution in [0.2, 0.25) is 0 Å². The van der Waals surface area contributed by atoms with E-state index >= 15 is 0 Å². The predicted octanol–water partition coefficient (Wildman–Crippen LogP) is 1.84. The monoisotopic (exact) mass is 230 g/mol. The Kier molecular flexibility index (Phi) is 8.90. The minimum atomic E-state index is 0.0802. The van der Waals surface area contributed by atoms with Crippen LogP contribution in [-0.2, 0) is 0 Å². The highest BCUT2D eigenvalue weighted by Gasteiger charge is 2.21. The highest BCUT2D eigenvalue weighted by Crippen LogP contribution is 2.11. The third kappa shape index (κ3) is 6.46. The summed E-state index contributed by atoms with van der Waals surface area (Å²) < 4.78 is 0. The van der Waals surface area contributed by atoms with Crippen LogP contribution in [0.15, 0.2) is 0 Å². The second kappa shape index (κ2) is 8.97. The molecule has 0 aromatic carbocycles. The maximum absolute atomic E-state index is 9.41. The van der Waals surface area contributed by atoms with E-state index in [0.29, 0.717) is 5.92 Å². The van der Waals surface area contributed by atoms with Gasteiger partial charge in [0.1, 0.15) is 0 Å². The van der Waals surface area contributed by atoms with Crippen molar-refractivity contribution in [1.82, 2.24) is 4.90 Å². The Morgan fingerprint density at radius 3 is 2.31 bits per heavy atom. The molecule has 0 aromatic rings. The van der Waals surface area contributed by atoms with Crippen LogP contribution < -0.4 is 5.73 Å². The summed E-state index contributed by atoms with van der Waals surface area (Å²) in [5.41, 5.74) is 6.13. The molecular formula is C13H30N2O. The fourth-order valence-corrected chi connectivity index (χ4v) is 2.08. The SMILES string of the molecule is CCCCCN(C)C(CO)C(N)CC(C)C. The van der Waals surface area contributed by atoms with Crippen molar-refractivity contribution >= 4 is 0 Å². The molecule has 0 aromatic heterocycles. The smallest absolute Gasteiger partial charge is 0.0601 e. The summed E-state index contributed by atoms with van der Waals surface area (Å²) in [7, 11) is 2.07. The zero-order valence-corrected chi connectivity index (χ0v) is 11.4. The average molecular weight is 230 g/mol. The Bertz CT molecular complexity index is 162. The van der Waals surface area contributed by atoms with Gasteiger partial charge in [-0.1, -0.05) is 33.6 Å². The van der Waals surface area contributed by atoms with E-state index in [1.165, 1.54) is 19.3 Å². The number of unbranched alkanes of at least 4 members (excludes halogenated alkanes) is 2. The van der Waals surface area contributed by atoms with Crippen LogP contribution in [0, 0.1) is 5.92 Å². The largest absolute Gasteiger partial charge is 0.395 e. The van der Waals surface area contributed by atoms with Crippen molar-refractivity contribution in [1.29, 1.82) is 0 Å². The first kappa shape index (κ1) is 15.9. The van der Waals surface area contributed by atoms with Gasteiger partial charge in [-0.25, -0.2) is 0 Å². The third-order valence-corrected chi connectivity index (χ3v) is 3.11. The number of nitrogens with zero attached hydrogens (tertiary/aromatic N) is 1. The Morgan fingerprint density at radius 1 is 1.25 bits per heavy atom. The zero-order valence-electron chi connectivity index (χ0n) is 11.4. The molecular weight excluding hydrogens is 200 g/mol. The Hall–Kier alpha value is -0.120. The summed E-state index contributed by atoms with van der Waals surface area (Å²) >= 11 is 0. The molecule has 0 rings (SSSR count). The number of likely N-dealkylation sites (N-methyl/N-ethyl adjacent to an activating group) is 1. The molecule has 2 atom stereocenters. The third-order valence-electron chi connectivity index (χ3n) is 3.11. The van der Waals surface area contributed by atoms with Gasteiger partial charge in [0.15, 0.2) is 0 Å². The summed E-state index contributed by atoms with van der Waals surface area (Å²) in [6.07, 6.45) is 4.65. The number of nitrogens with two attached hydrogens (primary N) is 1. The lowest BCUT2D eigenvalue weighted by Gasteiger charge is -2.32. The van der Waals surface area contributed by atoms with Crippen LogP contribution >= 0.6 is 0 Å². The first-order chi connectivity index (χ1) is 7.52. The van der Waals surface area contributed by atoms with Crippen LogP contribution in [0.4, 0.5) is 0 Å². The van der Waals surface area contributed by atoms with E-state index in [0.717, 1.165) is 13.0 Å². The highest BCUT2D eigenvalue weighted by molar-refractivity contribution is 4.80. The second-order valence-corrected chi connectivity index (χ2v) is 5.23. The summed E-state index contributed by atoms with van der Waals surface area (Å²) in [5, 5.41) is 9.41. The van der Waals surface area contributed by atoms with Crippen LogP contribution in [0.3, 0.4) is 0 Å². The lowest BCUT2D eigenvalue weighted by atomic mass is 9.97. The van der Waals surface area contributed by atoms with E-state index in [9.17, 15) is 5.11 Å². The standard InChI is InChI=1S/C13H30N2O/c1-5-6-7-8-15(4)13(10-16)12(14)9-11(2)3/h11-13,16H,5-10,14H2,1-4H3. The summed E-state index contributed by atoms with van der Waals surface area (Å²) in [6.45, 7) is 7.74. The van der Waals surface area contributed by atoms with Crippen LogP contribution in [-0.4, -0.2) is 42.3 Å². The first-order valence-electron chi connectivity index (χ1n) is 6.59. The molecule has 0 saturated heterocycles.